The zero-order valence-corrected chi connectivity index (χ0v) is 9.88. The quantitative estimate of drug-likeness (QED) is 0.893. The molecule has 0 radical (unpaired) electrons. The van der Waals surface area contributed by atoms with Crippen LogP contribution in [0.1, 0.15) is 16.2 Å². The standard InChI is InChI=1S/C10H6ClF3N4O/c11-5-1-2-7(6(3-5)10(12,13)14)17-9(19)8-15-4-16-18-8/h1-4H,(H,17,19)(H,15,16,18). The first-order chi connectivity index (χ1) is 8.88. The number of benzene rings is 1. The fourth-order valence-corrected chi connectivity index (χ4v) is 1.53. The molecule has 1 amide bonds. The molecule has 0 aliphatic heterocycles. The largest absolute Gasteiger partial charge is 0.418 e. The van der Waals surface area contributed by atoms with Crippen LogP contribution >= 0.6 is 11.6 Å². The molecule has 0 aliphatic carbocycles. The summed E-state index contributed by atoms with van der Waals surface area (Å²) in [5, 5.41) is 7.69. The molecule has 1 heterocycles. The van der Waals surface area contributed by atoms with Gasteiger partial charge in [0.15, 0.2) is 0 Å². The predicted molar refractivity (Wildman–Crippen MR) is 60.8 cm³/mol. The smallest absolute Gasteiger partial charge is 0.319 e. The van der Waals surface area contributed by atoms with Gasteiger partial charge >= 0.3 is 6.18 Å². The molecule has 2 N–H and O–H groups in total. The Morgan fingerprint density at radius 2 is 2.11 bits per heavy atom. The molecule has 0 fully saturated rings. The van der Waals surface area contributed by atoms with Crippen molar-refractivity contribution < 1.29 is 18.0 Å². The summed E-state index contributed by atoms with van der Waals surface area (Å²) in [5.41, 5.74) is -1.44. The number of hydrogen-bond acceptors (Lipinski definition) is 3. The van der Waals surface area contributed by atoms with Gasteiger partial charge in [-0.15, -0.1) is 0 Å². The topological polar surface area (TPSA) is 70.7 Å². The Labute approximate surface area is 109 Å². The number of aromatic amines is 1. The van der Waals surface area contributed by atoms with Gasteiger partial charge in [0.05, 0.1) is 11.3 Å². The Bertz CT molecular complexity index is 597. The van der Waals surface area contributed by atoms with E-state index in [2.05, 4.69) is 20.5 Å². The number of amides is 1. The molecule has 19 heavy (non-hydrogen) atoms. The van der Waals surface area contributed by atoms with Crippen LogP contribution in [0, 0.1) is 0 Å². The summed E-state index contributed by atoms with van der Waals surface area (Å²) in [4.78, 5) is 15.1. The van der Waals surface area contributed by atoms with Gasteiger partial charge in [-0.1, -0.05) is 11.6 Å². The van der Waals surface area contributed by atoms with Crippen molar-refractivity contribution in [2.75, 3.05) is 5.32 Å². The number of carbonyl (C=O) groups excluding carboxylic acids is 1. The fourth-order valence-electron chi connectivity index (χ4n) is 1.36. The molecule has 0 aliphatic rings. The maximum absolute atomic E-state index is 12.8. The molecule has 1 aromatic heterocycles. The molecule has 0 saturated heterocycles. The van der Waals surface area contributed by atoms with Crippen LogP contribution in [0.5, 0.6) is 0 Å². The van der Waals surface area contributed by atoms with Gasteiger partial charge in [-0.05, 0) is 18.2 Å². The minimum Gasteiger partial charge on any atom is -0.319 e. The van der Waals surface area contributed by atoms with Crippen molar-refractivity contribution in [2.24, 2.45) is 0 Å². The van der Waals surface area contributed by atoms with E-state index in [1.54, 1.807) is 0 Å². The summed E-state index contributed by atoms with van der Waals surface area (Å²) >= 11 is 5.52. The molecule has 0 bridgehead atoms. The van der Waals surface area contributed by atoms with E-state index in [1.165, 1.54) is 6.07 Å². The van der Waals surface area contributed by atoms with Crippen molar-refractivity contribution in [2.45, 2.75) is 6.18 Å². The summed E-state index contributed by atoms with van der Waals surface area (Å²) in [6.07, 6.45) is -3.56. The molecule has 0 saturated carbocycles. The molecule has 0 unspecified atom stereocenters. The molecule has 1 aromatic carbocycles. The predicted octanol–water partition coefficient (Wildman–Crippen LogP) is 2.73. The molecule has 5 nitrogen and oxygen atoms in total. The molecule has 100 valence electrons. The average Bonchev–Trinajstić information content (AvgIpc) is 2.83. The normalized spacial score (nSPS) is 11.4. The molecule has 0 atom stereocenters. The zero-order chi connectivity index (χ0) is 14.0. The second-order valence-electron chi connectivity index (χ2n) is 3.48. The van der Waals surface area contributed by atoms with Gasteiger partial charge in [-0.2, -0.15) is 18.3 Å². The van der Waals surface area contributed by atoms with Gasteiger partial charge in [0.25, 0.3) is 5.91 Å². The number of hydrogen-bond donors (Lipinski definition) is 2. The summed E-state index contributed by atoms with van der Waals surface area (Å²) in [7, 11) is 0. The lowest BCUT2D eigenvalue weighted by atomic mass is 10.1. The van der Waals surface area contributed by atoms with Crippen LogP contribution in [-0.4, -0.2) is 21.1 Å². The maximum atomic E-state index is 12.8. The van der Waals surface area contributed by atoms with E-state index in [1.807, 2.05) is 0 Å². The Hall–Kier alpha value is -2.09. The Morgan fingerprint density at radius 1 is 1.37 bits per heavy atom. The van der Waals surface area contributed by atoms with Crippen molar-refractivity contribution in [1.82, 2.24) is 15.2 Å². The number of alkyl halides is 3. The molecule has 2 aromatic rings. The minimum atomic E-state index is -4.63. The average molecular weight is 291 g/mol. The first-order valence-electron chi connectivity index (χ1n) is 4.91. The van der Waals surface area contributed by atoms with Crippen molar-refractivity contribution in [1.29, 1.82) is 0 Å². The molecule has 9 heteroatoms. The number of H-pyrrole nitrogens is 1. The van der Waals surface area contributed by atoms with E-state index >= 15 is 0 Å². The zero-order valence-electron chi connectivity index (χ0n) is 9.12. The second kappa shape index (κ2) is 4.88. The van der Waals surface area contributed by atoms with E-state index < -0.39 is 23.3 Å². The van der Waals surface area contributed by atoms with E-state index in [9.17, 15) is 18.0 Å². The SMILES string of the molecule is O=C(Nc1ccc(Cl)cc1C(F)(F)F)c1ncn[nH]1. The monoisotopic (exact) mass is 290 g/mol. The lowest BCUT2D eigenvalue weighted by Crippen LogP contribution is -2.17. The Kier molecular flexibility index (Phi) is 3.43. The van der Waals surface area contributed by atoms with Crippen LogP contribution in [0.4, 0.5) is 18.9 Å². The van der Waals surface area contributed by atoms with E-state index in [-0.39, 0.29) is 10.8 Å². The molecule has 0 spiro atoms. The van der Waals surface area contributed by atoms with Gasteiger partial charge in [-0.25, -0.2) is 4.98 Å². The molecular formula is C10H6ClF3N4O. The van der Waals surface area contributed by atoms with E-state index in [4.69, 9.17) is 11.6 Å². The summed E-state index contributed by atoms with van der Waals surface area (Å²) in [5.74, 6) is -1.02. The van der Waals surface area contributed by atoms with Crippen molar-refractivity contribution in [3.8, 4) is 0 Å². The Balaban J connectivity index is 2.33. The van der Waals surface area contributed by atoms with Gasteiger partial charge in [0, 0.05) is 5.02 Å². The summed E-state index contributed by atoms with van der Waals surface area (Å²) in [6.45, 7) is 0. The third kappa shape index (κ3) is 3.02. The van der Waals surface area contributed by atoms with E-state index in [0.717, 1.165) is 18.5 Å². The van der Waals surface area contributed by atoms with Gasteiger partial charge in [0.1, 0.15) is 6.33 Å². The van der Waals surface area contributed by atoms with Crippen molar-refractivity contribution in [3.63, 3.8) is 0 Å². The molecule has 2 rings (SSSR count). The third-order valence-corrected chi connectivity index (χ3v) is 2.40. The minimum absolute atomic E-state index is 0.0787. The number of halogens is 4. The van der Waals surface area contributed by atoms with Crippen LogP contribution < -0.4 is 5.32 Å². The van der Waals surface area contributed by atoms with Crippen LogP contribution in [-0.2, 0) is 6.18 Å². The van der Waals surface area contributed by atoms with Gasteiger partial charge in [0.2, 0.25) is 5.82 Å². The van der Waals surface area contributed by atoms with Gasteiger partial charge < -0.3 is 5.32 Å². The van der Waals surface area contributed by atoms with E-state index in [0.29, 0.717) is 0 Å². The number of carbonyl (C=O) groups is 1. The lowest BCUT2D eigenvalue weighted by Gasteiger charge is -2.13. The van der Waals surface area contributed by atoms with Gasteiger partial charge in [-0.3, -0.25) is 9.89 Å². The highest BCUT2D eigenvalue weighted by molar-refractivity contribution is 6.30. The number of nitrogens with one attached hydrogen (secondary N) is 2. The summed E-state index contributed by atoms with van der Waals surface area (Å²) in [6, 6.07) is 3.05. The maximum Gasteiger partial charge on any atom is 0.418 e. The number of rotatable bonds is 2. The third-order valence-electron chi connectivity index (χ3n) is 2.17. The highest BCUT2D eigenvalue weighted by atomic mass is 35.5. The van der Waals surface area contributed by atoms with Crippen molar-refractivity contribution in [3.05, 3.63) is 40.9 Å². The summed E-state index contributed by atoms with van der Waals surface area (Å²) < 4.78 is 38.3. The van der Waals surface area contributed by atoms with Crippen LogP contribution in [0.15, 0.2) is 24.5 Å². The van der Waals surface area contributed by atoms with Crippen LogP contribution in [0.2, 0.25) is 5.02 Å². The molecular weight excluding hydrogens is 285 g/mol. The second-order valence-corrected chi connectivity index (χ2v) is 3.91. The van der Waals surface area contributed by atoms with Crippen molar-refractivity contribution >= 4 is 23.2 Å². The number of nitrogens with zero attached hydrogens (tertiary/aromatic N) is 2. The highest BCUT2D eigenvalue weighted by Gasteiger charge is 2.34. The number of anilines is 1. The highest BCUT2D eigenvalue weighted by Crippen LogP contribution is 2.36. The fraction of sp³-hybridized carbons (Fsp3) is 0.100. The number of aromatic nitrogens is 3. The van der Waals surface area contributed by atoms with Crippen LogP contribution in [0.25, 0.3) is 0 Å². The first-order valence-corrected chi connectivity index (χ1v) is 5.29. The van der Waals surface area contributed by atoms with Crippen LogP contribution in [0.3, 0.4) is 0 Å². The lowest BCUT2D eigenvalue weighted by molar-refractivity contribution is -0.136. The Morgan fingerprint density at radius 3 is 2.68 bits per heavy atom. The first kappa shape index (κ1) is 13.3.